The minimum atomic E-state index is -3.91. The molecule has 2 aromatic carbocycles. The number of carbonyl (C=O) groups is 1. The first kappa shape index (κ1) is 25.1. The quantitative estimate of drug-likeness (QED) is 0.446. The van der Waals surface area contributed by atoms with Gasteiger partial charge in [-0.3, -0.25) is 4.79 Å². The molecule has 1 amide bonds. The normalized spacial score (nSPS) is 12.0. The van der Waals surface area contributed by atoms with Crippen molar-refractivity contribution in [3.05, 3.63) is 52.8 Å². The van der Waals surface area contributed by atoms with Gasteiger partial charge in [-0.15, -0.1) is 0 Å². The van der Waals surface area contributed by atoms with E-state index in [-0.39, 0.29) is 36.4 Å². The zero-order valence-corrected chi connectivity index (χ0v) is 20.4. The van der Waals surface area contributed by atoms with Crippen LogP contribution in [0.5, 0.6) is 5.75 Å². The molecule has 0 aliphatic heterocycles. The lowest BCUT2D eigenvalue weighted by molar-refractivity contribution is 0.0997. The smallest absolute Gasteiger partial charge is 0.279 e. The van der Waals surface area contributed by atoms with Gasteiger partial charge in [-0.1, -0.05) is 17.4 Å². The van der Waals surface area contributed by atoms with E-state index in [0.717, 1.165) is 14.5 Å². The highest BCUT2D eigenvalue weighted by atomic mass is 32.2. The standard InChI is InChI=1S/C23H23N5O4S2/c1-3-28-21-19(32-2)7-4-8-20(21)33-23(28)26-22(29)17-9-11-18(12-10-17)34(30,31)27(15-5-13-24)16-6-14-25/h4,7-12H,3,5-6,15-16H2,1-2H3. The molecule has 3 rings (SSSR count). The molecule has 0 radical (unpaired) electrons. The van der Waals surface area contributed by atoms with Gasteiger partial charge in [0.25, 0.3) is 5.91 Å². The third-order valence-electron chi connectivity index (χ3n) is 5.08. The molecule has 0 saturated heterocycles. The number of hydrogen-bond donors (Lipinski definition) is 0. The van der Waals surface area contributed by atoms with E-state index in [2.05, 4.69) is 4.99 Å². The van der Waals surface area contributed by atoms with E-state index in [1.165, 1.54) is 35.6 Å². The SMILES string of the molecule is CCn1c(=NC(=O)c2ccc(S(=O)(=O)N(CCC#N)CCC#N)cc2)sc2cccc(OC)c21. The van der Waals surface area contributed by atoms with Crippen molar-refractivity contribution in [1.29, 1.82) is 10.5 Å². The summed E-state index contributed by atoms with van der Waals surface area (Å²) in [6.45, 7) is 2.52. The largest absolute Gasteiger partial charge is 0.495 e. The molecule has 3 aromatic rings. The lowest BCUT2D eigenvalue weighted by Gasteiger charge is -2.20. The Morgan fingerprint density at radius 2 is 1.76 bits per heavy atom. The van der Waals surface area contributed by atoms with Gasteiger partial charge in [-0.2, -0.15) is 19.8 Å². The Labute approximate surface area is 201 Å². The van der Waals surface area contributed by atoms with Crippen LogP contribution in [-0.2, 0) is 16.6 Å². The monoisotopic (exact) mass is 497 g/mol. The molecule has 0 aliphatic carbocycles. The van der Waals surface area contributed by atoms with Crippen LogP contribution in [0.3, 0.4) is 0 Å². The van der Waals surface area contributed by atoms with E-state index in [1.54, 1.807) is 7.11 Å². The summed E-state index contributed by atoms with van der Waals surface area (Å²) in [7, 11) is -2.32. The lowest BCUT2D eigenvalue weighted by Crippen LogP contribution is -2.32. The van der Waals surface area contributed by atoms with E-state index in [9.17, 15) is 13.2 Å². The first-order chi connectivity index (χ1) is 16.4. The summed E-state index contributed by atoms with van der Waals surface area (Å²) in [5.41, 5.74) is 1.10. The van der Waals surface area contributed by atoms with Gasteiger partial charge >= 0.3 is 0 Å². The van der Waals surface area contributed by atoms with Crippen LogP contribution < -0.4 is 9.54 Å². The van der Waals surface area contributed by atoms with E-state index in [0.29, 0.717) is 17.1 Å². The molecule has 11 heteroatoms. The second-order valence-corrected chi connectivity index (χ2v) is 10.0. The Bertz CT molecular complexity index is 1420. The average Bonchev–Trinajstić information content (AvgIpc) is 3.21. The number of aromatic nitrogens is 1. The van der Waals surface area contributed by atoms with E-state index in [1.807, 2.05) is 41.8 Å². The predicted molar refractivity (Wildman–Crippen MR) is 128 cm³/mol. The number of rotatable bonds is 9. The zero-order chi connectivity index (χ0) is 24.7. The van der Waals surface area contributed by atoms with Gasteiger partial charge in [0, 0.05) is 38.0 Å². The summed E-state index contributed by atoms with van der Waals surface area (Å²) in [5, 5.41) is 17.6. The number of nitriles is 2. The molecular formula is C23H23N5O4S2. The fourth-order valence-electron chi connectivity index (χ4n) is 3.41. The Morgan fingerprint density at radius 3 is 2.32 bits per heavy atom. The number of aryl methyl sites for hydroxylation is 1. The van der Waals surface area contributed by atoms with Gasteiger partial charge in [0.1, 0.15) is 11.3 Å². The van der Waals surface area contributed by atoms with Crippen molar-refractivity contribution >= 4 is 37.5 Å². The van der Waals surface area contributed by atoms with Crippen molar-refractivity contribution in [3.8, 4) is 17.9 Å². The number of hydrogen-bond acceptors (Lipinski definition) is 7. The summed E-state index contributed by atoms with van der Waals surface area (Å²) in [6, 6.07) is 15.0. The number of amides is 1. The summed E-state index contributed by atoms with van der Waals surface area (Å²) >= 11 is 1.37. The number of sulfonamides is 1. The maximum Gasteiger partial charge on any atom is 0.279 e. The number of carbonyl (C=O) groups excluding carboxylic acids is 1. The zero-order valence-electron chi connectivity index (χ0n) is 18.8. The molecule has 0 bridgehead atoms. The van der Waals surface area contributed by atoms with Crippen LogP contribution in [0.4, 0.5) is 0 Å². The molecule has 9 nitrogen and oxygen atoms in total. The summed E-state index contributed by atoms with van der Waals surface area (Å²) in [4.78, 5) is 17.6. The number of nitrogens with zero attached hydrogens (tertiary/aromatic N) is 5. The summed E-state index contributed by atoms with van der Waals surface area (Å²) in [6.07, 6.45) is 0.0228. The van der Waals surface area contributed by atoms with Crippen LogP contribution in [0.2, 0.25) is 0 Å². The Kier molecular flexibility index (Phi) is 8.18. The van der Waals surface area contributed by atoms with Crippen molar-refractivity contribution < 1.29 is 17.9 Å². The molecule has 0 saturated carbocycles. The molecule has 34 heavy (non-hydrogen) atoms. The fourth-order valence-corrected chi connectivity index (χ4v) is 5.96. The Hall–Kier alpha value is -3.51. The lowest BCUT2D eigenvalue weighted by atomic mass is 10.2. The van der Waals surface area contributed by atoms with Crippen LogP contribution in [0.15, 0.2) is 52.4 Å². The van der Waals surface area contributed by atoms with E-state index >= 15 is 0 Å². The number of fused-ring (bicyclic) bond motifs is 1. The van der Waals surface area contributed by atoms with Gasteiger partial charge in [0.2, 0.25) is 10.0 Å². The maximum atomic E-state index is 12.9. The predicted octanol–water partition coefficient (Wildman–Crippen LogP) is 3.29. The number of methoxy groups -OCH3 is 1. The van der Waals surface area contributed by atoms with Crippen LogP contribution in [0.25, 0.3) is 10.2 Å². The van der Waals surface area contributed by atoms with Crippen LogP contribution in [0.1, 0.15) is 30.1 Å². The molecule has 1 heterocycles. The molecular weight excluding hydrogens is 474 g/mol. The molecule has 0 spiro atoms. The third kappa shape index (κ3) is 5.18. The Balaban J connectivity index is 1.93. The van der Waals surface area contributed by atoms with Gasteiger partial charge in [-0.05, 0) is 43.3 Å². The fraction of sp³-hybridized carbons (Fsp3) is 0.304. The van der Waals surface area contributed by atoms with Crippen molar-refractivity contribution in [3.63, 3.8) is 0 Å². The summed E-state index contributed by atoms with van der Waals surface area (Å²) in [5.74, 6) is 0.193. The molecule has 0 fully saturated rings. The first-order valence-corrected chi connectivity index (χ1v) is 12.7. The van der Waals surface area contributed by atoms with Crippen LogP contribution in [-0.4, -0.2) is 43.4 Å². The highest BCUT2D eigenvalue weighted by Gasteiger charge is 2.24. The molecule has 176 valence electrons. The molecule has 1 aromatic heterocycles. The topological polar surface area (TPSA) is 129 Å². The number of para-hydroxylation sites is 1. The van der Waals surface area contributed by atoms with Crippen molar-refractivity contribution in [1.82, 2.24) is 8.87 Å². The second kappa shape index (κ2) is 11.1. The molecule has 0 N–H and O–H groups in total. The van der Waals surface area contributed by atoms with Crippen molar-refractivity contribution in [2.45, 2.75) is 31.2 Å². The molecule has 0 atom stereocenters. The second-order valence-electron chi connectivity index (χ2n) is 7.10. The minimum absolute atomic E-state index is 0.0110. The van der Waals surface area contributed by atoms with Gasteiger partial charge in [0.05, 0.1) is 28.8 Å². The van der Waals surface area contributed by atoms with E-state index < -0.39 is 15.9 Å². The van der Waals surface area contributed by atoms with Crippen LogP contribution in [0, 0.1) is 22.7 Å². The summed E-state index contributed by atoms with van der Waals surface area (Å²) < 4.78 is 35.3. The maximum absolute atomic E-state index is 12.9. The van der Waals surface area contributed by atoms with Crippen molar-refractivity contribution in [2.75, 3.05) is 20.2 Å². The average molecular weight is 498 g/mol. The number of benzene rings is 2. The van der Waals surface area contributed by atoms with Gasteiger partial charge in [0.15, 0.2) is 4.80 Å². The molecule has 0 unspecified atom stereocenters. The van der Waals surface area contributed by atoms with Crippen molar-refractivity contribution in [2.24, 2.45) is 4.99 Å². The number of thiazole rings is 1. The minimum Gasteiger partial charge on any atom is -0.495 e. The molecule has 0 aliphatic rings. The first-order valence-electron chi connectivity index (χ1n) is 10.5. The Morgan fingerprint density at radius 1 is 1.12 bits per heavy atom. The van der Waals surface area contributed by atoms with Gasteiger partial charge < -0.3 is 9.30 Å². The van der Waals surface area contributed by atoms with Gasteiger partial charge in [-0.25, -0.2) is 8.42 Å². The van der Waals surface area contributed by atoms with Crippen LogP contribution >= 0.6 is 11.3 Å². The third-order valence-corrected chi connectivity index (χ3v) is 8.04. The highest BCUT2D eigenvalue weighted by molar-refractivity contribution is 7.89. The van der Waals surface area contributed by atoms with E-state index in [4.69, 9.17) is 15.3 Å². The number of ether oxygens (including phenoxy) is 1. The highest BCUT2D eigenvalue weighted by Crippen LogP contribution is 2.27.